The predicted octanol–water partition coefficient (Wildman–Crippen LogP) is 2.30. The molecule has 0 radical (unpaired) electrons. The third kappa shape index (κ3) is 1.91. The Morgan fingerprint density at radius 1 is 0.895 bits per heavy atom. The first kappa shape index (κ1) is 11.3. The molecule has 0 spiro atoms. The van der Waals surface area contributed by atoms with Crippen LogP contribution in [0.15, 0.2) is 42.5 Å². The van der Waals surface area contributed by atoms with Crippen LogP contribution in [0.25, 0.3) is 0 Å². The van der Waals surface area contributed by atoms with E-state index >= 15 is 0 Å². The van der Waals surface area contributed by atoms with Gasteiger partial charge in [0, 0.05) is 11.6 Å². The van der Waals surface area contributed by atoms with Crippen molar-refractivity contribution in [3.05, 3.63) is 59.2 Å². The Labute approximate surface area is 107 Å². The summed E-state index contributed by atoms with van der Waals surface area (Å²) in [6, 6.07) is 10.6. The summed E-state index contributed by atoms with van der Waals surface area (Å²) in [5.74, 6) is -0.361. The van der Waals surface area contributed by atoms with Gasteiger partial charge in [0.1, 0.15) is 0 Å². The van der Waals surface area contributed by atoms with Gasteiger partial charge in [-0.1, -0.05) is 12.1 Å². The Kier molecular flexibility index (Phi) is 2.45. The fourth-order valence-electron chi connectivity index (χ4n) is 1.82. The standard InChI is InChI=1S/C14H8O5/c15-13(8-1-3-9(4-2-8)14(16)17)11-6-5-10-7-12(11)19-18-10/h1-7H,(H,16,17). The maximum Gasteiger partial charge on any atom is 0.335 e. The summed E-state index contributed by atoms with van der Waals surface area (Å²) in [6.07, 6.45) is 0. The minimum absolute atomic E-state index is 0.135. The molecule has 2 aromatic carbocycles. The molecule has 94 valence electrons. The number of ketones is 1. The molecule has 1 aliphatic rings. The first-order chi connectivity index (χ1) is 9.15. The molecule has 0 unspecified atom stereocenters. The number of hydrogen-bond acceptors (Lipinski definition) is 4. The number of aromatic carboxylic acids is 1. The van der Waals surface area contributed by atoms with E-state index in [1.807, 2.05) is 0 Å². The van der Waals surface area contributed by atoms with Crippen LogP contribution in [-0.4, -0.2) is 16.9 Å². The molecule has 1 N–H and O–H groups in total. The third-order valence-corrected chi connectivity index (χ3v) is 2.82. The molecule has 1 heterocycles. The summed E-state index contributed by atoms with van der Waals surface area (Å²) in [4.78, 5) is 32.7. The van der Waals surface area contributed by atoms with Crippen molar-refractivity contribution in [2.45, 2.75) is 0 Å². The molecular weight excluding hydrogens is 248 g/mol. The third-order valence-electron chi connectivity index (χ3n) is 2.82. The van der Waals surface area contributed by atoms with Gasteiger partial charge in [0.15, 0.2) is 17.3 Å². The molecule has 1 aliphatic heterocycles. The fourth-order valence-corrected chi connectivity index (χ4v) is 1.82. The predicted molar refractivity (Wildman–Crippen MR) is 64.5 cm³/mol. The maximum atomic E-state index is 12.2. The summed E-state index contributed by atoms with van der Waals surface area (Å²) in [6.45, 7) is 0. The van der Waals surface area contributed by atoms with Crippen LogP contribution in [0.2, 0.25) is 0 Å². The van der Waals surface area contributed by atoms with Crippen molar-refractivity contribution < 1.29 is 24.5 Å². The van der Waals surface area contributed by atoms with Crippen LogP contribution in [0.3, 0.4) is 0 Å². The molecule has 5 heteroatoms. The Hall–Kier alpha value is -2.82. The van der Waals surface area contributed by atoms with E-state index in [1.54, 1.807) is 18.2 Å². The normalized spacial score (nSPS) is 11.6. The fraction of sp³-hybridized carbons (Fsp3) is 0. The van der Waals surface area contributed by atoms with Gasteiger partial charge in [-0.15, -0.1) is 0 Å². The van der Waals surface area contributed by atoms with Crippen molar-refractivity contribution in [3.8, 4) is 11.5 Å². The summed E-state index contributed by atoms with van der Waals surface area (Å²) in [5, 5.41) is 8.80. The number of benzene rings is 2. The highest BCUT2D eigenvalue weighted by molar-refractivity contribution is 6.11. The van der Waals surface area contributed by atoms with E-state index < -0.39 is 5.97 Å². The largest absolute Gasteiger partial charge is 0.478 e. The van der Waals surface area contributed by atoms with Gasteiger partial charge in [-0.05, 0) is 24.3 Å². The molecule has 3 rings (SSSR count). The quantitative estimate of drug-likeness (QED) is 0.673. The molecule has 0 atom stereocenters. The van der Waals surface area contributed by atoms with E-state index in [2.05, 4.69) is 0 Å². The van der Waals surface area contributed by atoms with Gasteiger partial charge in [-0.2, -0.15) is 0 Å². The second-order valence-electron chi connectivity index (χ2n) is 4.04. The smallest absolute Gasteiger partial charge is 0.335 e. The van der Waals surface area contributed by atoms with E-state index in [0.29, 0.717) is 22.6 Å². The summed E-state index contributed by atoms with van der Waals surface area (Å²) in [7, 11) is 0. The first-order valence-corrected chi connectivity index (χ1v) is 5.52. The second kappa shape index (κ2) is 4.13. The van der Waals surface area contributed by atoms with Crippen molar-refractivity contribution in [2.24, 2.45) is 0 Å². The van der Waals surface area contributed by atoms with Crippen LogP contribution in [-0.2, 0) is 0 Å². The van der Waals surface area contributed by atoms with Crippen LogP contribution >= 0.6 is 0 Å². The van der Waals surface area contributed by atoms with Crippen molar-refractivity contribution in [2.75, 3.05) is 0 Å². The Bertz CT molecular complexity index is 673. The highest BCUT2D eigenvalue weighted by Crippen LogP contribution is 2.32. The zero-order valence-electron chi connectivity index (χ0n) is 9.62. The highest BCUT2D eigenvalue weighted by Gasteiger charge is 2.21. The van der Waals surface area contributed by atoms with Gasteiger partial charge in [0.05, 0.1) is 11.1 Å². The van der Waals surface area contributed by atoms with Crippen molar-refractivity contribution >= 4 is 11.8 Å². The highest BCUT2D eigenvalue weighted by atomic mass is 17.2. The number of carbonyl (C=O) groups excluding carboxylic acids is 1. The molecule has 5 nitrogen and oxygen atoms in total. The van der Waals surface area contributed by atoms with Gasteiger partial charge in [-0.3, -0.25) is 14.6 Å². The maximum absolute atomic E-state index is 12.2. The molecule has 0 saturated heterocycles. The van der Waals surface area contributed by atoms with Crippen molar-refractivity contribution in [1.82, 2.24) is 0 Å². The van der Waals surface area contributed by atoms with Gasteiger partial charge in [-0.25, -0.2) is 4.79 Å². The number of carbonyl (C=O) groups is 2. The lowest BCUT2D eigenvalue weighted by Crippen LogP contribution is -2.04. The Morgan fingerprint density at radius 2 is 1.58 bits per heavy atom. The molecule has 0 saturated carbocycles. The number of fused-ring (bicyclic) bond motifs is 2. The topological polar surface area (TPSA) is 72.8 Å². The molecule has 2 bridgehead atoms. The zero-order chi connectivity index (χ0) is 13.4. The SMILES string of the molecule is O=C(O)c1ccc(C(=O)c2ccc3cc2OO3)cc1. The molecule has 0 amide bonds. The number of hydrogen-bond donors (Lipinski definition) is 1. The van der Waals surface area contributed by atoms with Gasteiger partial charge in [0.2, 0.25) is 0 Å². The monoisotopic (exact) mass is 256 g/mol. The van der Waals surface area contributed by atoms with Crippen LogP contribution in [0.4, 0.5) is 0 Å². The lowest BCUT2D eigenvalue weighted by atomic mass is 10.0. The molecule has 0 aromatic heterocycles. The number of carboxylic acids is 1. The molecular formula is C14H8O5. The molecule has 0 aliphatic carbocycles. The summed E-state index contributed by atoms with van der Waals surface area (Å²) >= 11 is 0. The zero-order valence-corrected chi connectivity index (χ0v) is 9.62. The van der Waals surface area contributed by atoms with E-state index in [-0.39, 0.29) is 11.3 Å². The lowest BCUT2D eigenvalue weighted by Gasteiger charge is -2.02. The minimum Gasteiger partial charge on any atom is -0.478 e. The number of rotatable bonds is 3. The van der Waals surface area contributed by atoms with E-state index in [0.717, 1.165) is 0 Å². The van der Waals surface area contributed by atoms with E-state index in [1.165, 1.54) is 24.3 Å². The molecule has 0 fully saturated rings. The van der Waals surface area contributed by atoms with Crippen LogP contribution < -0.4 is 9.78 Å². The van der Waals surface area contributed by atoms with Gasteiger partial charge < -0.3 is 5.11 Å². The molecule has 19 heavy (non-hydrogen) atoms. The summed E-state index contributed by atoms with van der Waals surface area (Å²) < 4.78 is 0. The molecule has 2 aromatic rings. The average Bonchev–Trinajstić information content (AvgIpc) is 2.80. The van der Waals surface area contributed by atoms with Crippen molar-refractivity contribution in [3.63, 3.8) is 0 Å². The lowest BCUT2D eigenvalue weighted by molar-refractivity contribution is -0.0849. The van der Waals surface area contributed by atoms with E-state index in [9.17, 15) is 9.59 Å². The minimum atomic E-state index is -1.03. The van der Waals surface area contributed by atoms with Crippen LogP contribution in [0, 0.1) is 0 Å². The summed E-state index contributed by atoms with van der Waals surface area (Å²) in [5.41, 5.74) is 0.907. The van der Waals surface area contributed by atoms with E-state index in [4.69, 9.17) is 14.9 Å². The van der Waals surface area contributed by atoms with Gasteiger partial charge in [0.25, 0.3) is 0 Å². The number of carboxylic acid groups (broad SMARTS) is 1. The Morgan fingerprint density at radius 3 is 2.26 bits per heavy atom. The van der Waals surface area contributed by atoms with Crippen LogP contribution in [0.5, 0.6) is 11.5 Å². The Balaban J connectivity index is 1.94. The first-order valence-electron chi connectivity index (χ1n) is 5.52. The van der Waals surface area contributed by atoms with Crippen molar-refractivity contribution in [1.29, 1.82) is 0 Å². The van der Waals surface area contributed by atoms with Gasteiger partial charge >= 0.3 is 5.97 Å². The average molecular weight is 256 g/mol. The second-order valence-corrected chi connectivity index (χ2v) is 4.04. The van der Waals surface area contributed by atoms with Crippen LogP contribution in [0.1, 0.15) is 26.3 Å².